The van der Waals surface area contributed by atoms with Gasteiger partial charge < -0.3 is 0 Å². The van der Waals surface area contributed by atoms with Crippen molar-refractivity contribution in [3.8, 4) is 0 Å². The van der Waals surface area contributed by atoms with Crippen LogP contribution in [0.15, 0.2) is 34.3 Å². The minimum Gasteiger partial charge on any atom is -0.276 e. The molecule has 0 aromatic heterocycles. The van der Waals surface area contributed by atoms with Gasteiger partial charge in [0.05, 0.1) is 35.2 Å². The number of hydrogen-bond acceptors (Lipinski definition) is 2. The molecule has 2 heterocycles. The standard InChI is InChI=1S/C20H14F6N2O/c21-19(22,23)9-11-6-7-12-13-8-14(29)28-18(13)16(20(24,25)26)15(17(12)27-11)10-4-2-1-3-5-10/h1-2,4,6-7,11H,3,5,8-9H2. The van der Waals surface area contributed by atoms with Crippen molar-refractivity contribution in [3.63, 3.8) is 0 Å². The summed E-state index contributed by atoms with van der Waals surface area (Å²) in [4.78, 5) is 19.5. The van der Waals surface area contributed by atoms with E-state index in [9.17, 15) is 31.1 Å². The summed E-state index contributed by atoms with van der Waals surface area (Å²) in [6.07, 6.45) is -2.75. The van der Waals surface area contributed by atoms with Crippen molar-refractivity contribution in [2.75, 3.05) is 0 Å². The van der Waals surface area contributed by atoms with Crippen LogP contribution in [0, 0.1) is 0 Å². The number of allylic oxidation sites excluding steroid dienone is 4. The molecule has 152 valence electrons. The van der Waals surface area contributed by atoms with E-state index in [4.69, 9.17) is 0 Å². The molecule has 0 spiro atoms. The fraction of sp³-hybridized carbons (Fsp3) is 0.350. The lowest BCUT2D eigenvalue weighted by Crippen LogP contribution is -2.35. The molecule has 1 aromatic rings. The number of alkyl halides is 6. The predicted molar refractivity (Wildman–Crippen MR) is 92.3 cm³/mol. The highest BCUT2D eigenvalue weighted by Crippen LogP contribution is 2.36. The van der Waals surface area contributed by atoms with E-state index in [1.54, 1.807) is 12.2 Å². The Morgan fingerprint density at radius 3 is 2.48 bits per heavy atom. The molecular formula is C20H14F6N2O. The molecule has 3 nitrogen and oxygen atoms in total. The van der Waals surface area contributed by atoms with E-state index in [0.29, 0.717) is 12.0 Å². The first-order valence-electron chi connectivity index (χ1n) is 8.91. The van der Waals surface area contributed by atoms with E-state index in [0.717, 1.165) is 0 Å². The molecule has 1 atom stereocenters. The maximum absolute atomic E-state index is 14.1. The Hall–Kier alpha value is -2.71. The van der Waals surface area contributed by atoms with Gasteiger partial charge in [0, 0.05) is 11.1 Å². The Morgan fingerprint density at radius 1 is 1.10 bits per heavy atom. The number of rotatable bonds is 2. The Bertz CT molecular complexity index is 1110. The van der Waals surface area contributed by atoms with Gasteiger partial charge in [0.2, 0.25) is 0 Å². The third-order valence-corrected chi connectivity index (χ3v) is 4.99. The maximum atomic E-state index is 14.1. The van der Waals surface area contributed by atoms with Gasteiger partial charge in [-0.05, 0) is 24.0 Å². The summed E-state index contributed by atoms with van der Waals surface area (Å²) in [5, 5.41) is -0.583. The van der Waals surface area contributed by atoms with Gasteiger partial charge in [-0.15, -0.1) is 0 Å². The van der Waals surface area contributed by atoms with Gasteiger partial charge in [0.1, 0.15) is 0 Å². The Kier molecular flexibility index (Phi) is 4.51. The van der Waals surface area contributed by atoms with E-state index in [-0.39, 0.29) is 34.9 Å². The Balaban J connectivity index is 2.09. The highest BCUT2D eigenvalue weighted by molar-refractivity contribution is 5.86. The lowest BCUT2D eigenvalue weighted by atomic mass is 9.86. The number of amides is 1. The summed E-state index contributed by atoms with van der Waals surface area (Å²) in [5.41, 5.74) is -0.739. The fourth-order valence-corrected chi connectivity index (χ4v) is 3.89. The summed E-state index contributed by atoms with van der Waals surface area (Å²) >= 11 is 0. The van der Waals surface area contributed by atoms with Gasteiger partial charge in [0.25, 0.3) is 5.91 Å². The van der Waals surface area contributed by atoms with Gasteiger partial charge in [0.15, 0.2) is 0 Å². The van der Waals surface area contributed by atoms with Crippen molar-refractivity contribution in [1.29, 1.82) is 0 Å². The highest BCUT2D eigenvalue weighted by atomic mass is 19.4. The first kappa shape index (κ1) is 19.6. The molecule has 0 saturated carbocycles. The van der Waals surface area contributed by atoms with Crippen LogP contribution in [0.25, 0.3) is 11.6 Å². The van der Waals surface area contributed by atoms with Crippen LogP contribution < -0.4 is 10.7 Å². The van der Waals surface area contributed by atoms with E-state index in [1.165, 1.54) is 18.2 Å². The van der Waals surface area contributed by atoms with Crippen LogP contribution in [0.5, 0.6) is 0 Å². The van der Waals surface area contributed by atoms with Crippen LogP contribution in [0.1, 0.15) is 41.5 Å². The molecule has 29 heavy (non-hydrogen) atoms. The van der Waals surface area contributed by atoms with Crippen molar-refractivity contribution in [3.05, 3.63) is 57.3 Å². The third kappa shape index (κ3) is 3.65. The molecule has 1 aliphatic carbocycles. The number of hydrogen-bond donors (Lipinski definition) is 0. The number of carbonyl (C=O) groups excluding carboxylic acids is 1. The minimum absolute atomic E-state index is 0.0680. The second-order valence-corrected chi connectivity index (χ2v) is 7.05. The van der Waals surface area contributed by atoms with E-state index in [1.807, 2.05) is 0 Å². The topological polar surface area (TPSA) is 41.8 Å². The average molecular weight is 412 g/mol. The zero-order valence-electron chi connectivity index (χ0n) is 14.9. The lowest BCUT2D eigenvalue weighted by molar-refractivity contribution is -0.139. The zero-order valence-corrected chi connectivity index (χ0v) is 14.9. The molecular weight excluding hydrogens is 398 g/mol. The summed E-state index contributed by atoms with van der Waals surface area (Å²) in [6.45, 7) is 0. The molecule has 2 aliphatic heterocycles. The molecule has 4 rings (SSSR count). The van der Waals surface area contributed by atoms with Crippen molar-refractivity contribution in [2.45, 2.75) is 44.1 Å². The fourth-order valence-electron chi connectivity index (χ4n) is 3.89. The van der Waals surface area contributed by atoms with Gasteiger partial charge in [-0.3, -0.25) is 9.79 Å². The molecule has 0 fully saturated rings. The number of benzene rings is 1. The van der Waals surface area contributed by atoms with Crippen LogP contribution >= 0.6 is 0 Å². The van der Waals surface area contributed by atoms with E-state index >= 15 is 0 Å². The second-order valence-electron chi connectivity index (χ2n) is 7.05. The van der Waals surface area contributed by atoms with E-state index < -0.39 is 41.6 Å². The third-order valence-electron chi connectivity index (χ3n) is 4.99. The monoisotopic (exact) mass is 412 g/mol. The number of carbonyl (C=O) groups is 1. The van der Waals surface area contributed by atoms with Crippen LogP contribution in [0.2, 0.25) is 0 Å². The second kappa shape index (κ2) is 6.67. The smallest absolute Gasteiger partial charge is 0.276 e. The molecule has 0 N–H and O–H groups in total. The van der Waals surface area contributed by atoms with Gasteiger partial charge in [-0.2, -0.15) is 26.3 Å². The van der Waals surface area contributed by atoms with Gasteiger partial charge >= 0.3 is 12.4 Å². The quantitative estimate of drug-likeness (QED) is 0.675. The number of nitrogens with zero attached hydrogens (tertiary/aromatic N) is 2. The van der Waals surface area contributed by atoms with Crippen molar-refractivity contribution in [2.24, 2.45) is 9.98 Å². The molecule has 1 unspecified atom stereocenters. The largest absolute Gasteiger partial charge is 0.419 e. The Labute approximate surface area is 160 Å². The molecule has 0 bridgehead atoms. The highest BCUT2D eigenvalue weighted by Gasteiger charge is 2.41. The van der Waals surface area contributed by atoms with Crippen LogP contribution in [-0.2, 0) is 17.4 Å². The first-order valence-corrected chi connectivity index (χ1v) is 8.91. The molecule has 0 radical (unpaired) electrons. The summed E-state index contributed by atoms with van der Waals surface area (Å²) in [6, 6.07) is -1.32. The zero-order chi connectivity index (χ0) is 21.0. The maximum Gasteiger partial charge on any atom is 0.419 e. The Morgan fingerprint density at radius 2 is 1.86 bits per heavy atom. The average Bonchev–Trinajstić information content (AvgIpc) is 2.99. The normalized spacial score (nSPS) is 20.7. The molecule has 3 aliphatic rings. The summed E-state index contributed by atoms with van der Waals surface area (Å²) in [5.74, 6) is -0.715. The van der Waals surface area contributed by atoms with Gasteiger partial charge in [-0.1, -0.05) is 30.4 Å². The van der Waals surface area contributed by atoms with Crippen LogP contribution in [-0.4, -0.2) is 18.1 Å². The molecule has 0 saturated heterocycles. The van der Waals surface area contributed by atoms with Crippen LogP contribution in [0.3, 0.4) is 0 Å². The van der Waals surface area contributed by atoms with Crippen molar-refractivity contribution < 1.29 is 31.1 Å². The van der Waals surface area contributed by atoms with Crippen molar-refractivity contribution >= 4 is 17.6 Å². The number of halogens is 6. The molecule has 9 heteroatoms. The van der Waals surface area contributed by atoms with Crippen LogP contribution in [0.4, 0.5) is 26.3 Å². The summed E-state index contributed by atoms with van der Waals surface area (Å²) in [7, 11) is 0. The van der Waals surface area contributed by atoms with Crippen molar-refractivity contribution in [1.82, 2.24) is 0 Å². The first-order chi connectivity index (χ1) is 13.5. The SMILES string of the molecule is O=C1Cc2c3c(c(C4=CC=CCC4)c(C(F)(F)F)c2=N1)=NC(CC(F)(F)F)C=C3. The van der Waals surface area contributed by atoms with Gasteiger partial charge in [-0.25, -0.2) is 4.99 Å². The number of fused-ring (bicyclic) bond motifs is 3. The minimum atomic E-state index is -4.85. The molecule has 1 amide bonds. The lowest BCUT2D eigenvalue weighted by Gasteiger charge is -2.22. The summed E-state index contributed by atoms with van der Waals surface area (Å²) < 4.78 is 80.8. The molecule has 1 aromatic carbocycles. The predicted octanol–water partition coefficient (Wildman–Crippen LogP) is 4.11. The van der Waals surface area contributed by atoms with E-state index in [2.05, 4.69) is 9.98 Å².